The first-order chi connectivity index (χ1) is 12.2. The third kappa shape index (κ3) is 2.06. The Labute approximate surface area is 147 Å². The molecular formula is C21H23N3O. The lowest BCUT2D eigenvalue weighted by atomic mass is 9.54. The van der Waals surface area contributed by atoms with Gasteiger partial charge in [0, 0.05) is 29.6 Å². The number of hydrogen-bond acceptors (Lipinski definition) is 3. The summed E-state index contributed by atoms with van der Waals surface area (Å²) >= 11 is 0. The van der Waals surface area contributed by atoms with Crippen LogP contribution in [0, 0.1) is 5.92 Å². The van der Waals surface area contributed by atoms with Gasteiger partial charge in [0.15, 0.2) is 0 Å². The molecule has 0 aliphatic heterocycles. The van der Waals surface area contributed by atoms with Crippen molar-refractivity contribution in [1.82, 2.24) is 14.9 Å². The third-order valence-electron chi connectivity index (χ3n) is 6.48. The lowest BCUT2D eigenvalue weighted by molar-refractivity contribution is 0.150. The molecule has 2 aromatic heterocycles. The van der Waals surface area contributed by atoms with Crippen LogP contribution in [0.5, 0.6) is 0 Å². The number of hydrogen-bond donors (Lipinski definition) is 0. The summed E-state index contributed by atoms with van der Waals surface area (Å²) in [5, 5.41) is 8.74. The Hall–Kier alpha value is -2.36. The SMILES string of the molecule is CC1c2oncc2CC2(Cc3ccccc3)c3c(cnn3C)CCC12. The normalized spacial score (nSPS) is 27.4. The van der Waals surface area contributed by atoms with Crippen molar-refractivity contribution < 1.29 is 4.52 Å². The van der Waals surface area contributed by atoms with Crippen LogP contribution in [0.15, 0.2) is 47.2 Å². The Morgan fingerprint density at radius 3 is 2.88 bits per heavy atom. The largest absolute Gasteiger partial charge is 0.361 e. The number of aryl methyl sites for hydroxylation is 2. The molecule has 2 heterocycles. The molecule has 3 atom stereocenters. The van der Waals surface area contributed by atoms with E-state index in [1.54, 1.807) is 0 Å². The molecule has 1 aromatic carbocycles. The number of aromatic nitrogens is 3. The number of fused-ring (bicyclic) bond motifs is 4. The maximum absolute atomic E-state index is 5.64. The van der Waals surface area contributed by atoms with Crippen molar-refractivity contribution >= 4 is 0 Å². The van der Waals surface area contributed by atoms with Crippen LogP contribution in [-0.2, 0) is 31.7 Å². The Bertz CT molecular complexity index is 910. The van der Waals surface area contributed by atoms with Crippen LogP contribution in [0.3, 0.4) is 0 Å². The molecule has 128 valence electrons. The summed E-state index contributed by atoms with van der Waals surface area (Å²) in [6.45, 7) is 2.31. The minimum absolute atomic E-state index is 0.0676. The topological polar surface area (TPSA) is 43.9 Å². The molecule has 25 heavy (non-hydrogen) atoms. The van der Waals surface area contributed by atoms with E-state index in [1.807, 2.05) is 6.20 Å². The summed E-state index contributed by atoms with van der Waals surface area (Å²) in [5.74, 6) is 2.04. The van der Waals surface area contributed by atoms with Crippen LogP contribution in [-0.4, -0.2) is 14.9 Å². The molecule has 0 radical (unpaired) electrons. The average Bonchev–Trinajstić information content (AvgIpc) is 3.23. The maximum Gasteiger partial charge on any atom is 0.143 e. The number of nitrogens with zero attached hydrogens (tertiary/aromatic N) is 3. The van der Waals surface area contributed by atoms with E-state index in [1.165, 1.54) is 28.8 Å². The molecule has 0 amide bonds. The molecule has 4 nitrogen and oxygen atoms in total. The molecule has 0 bridgehead atoms. The first-order valence-corrected chi connectivity index (χ1v) is 9.18. The molecular weight excluding hydrogens is 310 g/mol. The van der Waals surface area contributed by atoms with Crippen LogP contribution in [0.1, 0.15) is 47.4 Å². The predicted octanol–water partition coefficient (Wildman–Crippen LogP) is 3.81. The van der Waals surface area contributed by atoms with Crippen LogP contribution in [0.25, 0.3) is 0 Å². The molecule has 5 rings (SSSR count). The quantitative estimate of drug-likeness (QED) is 0.716. The van der Waals surface area contributed by atoms with Crippen molar-refractivity contribution in [3.63, 3.8) is 0 Å². The zero-order chi connectivity index (χ0) is 17.0. The van der Waals surface area contributed by atoms with E-state index in [4.69, 9.17) is 4.52 Å². The highest BCUT2D eigenvalue weighted by atomic mass is 16.5. The van der Waals surface area contributed by atoms with E-state index in [0.717, 1.165) is 25.0 Å². The molecule has 4 heteroatoms. The smallest absolute Gasteiger partial charge is 0.143 e. The van der Waals surface area contributed by atoms with Gasteiger partial charge in [-0.3, -0.25) is 4.68 Å². The molecule has 0 fully saturated rings. The fraction of sp³-hybridized carbons (Fsp3) is 0.429. The molecule has 2 aliphatic carbocycles. The number of rotatable bonds is 2. The fourth-order valence-electron chi connectivity index (χ4n) is 5.55. The van der Waals surface area contributed by atoms with Gasteiger partial charge in [-0.15, -0.1) is 0 Å². The van der Waals surface area contributed by atoms with Gasteiger partial charge in [-0.1, -0.05) is 42.4 Å². The van der Waals surface area contributed by atoms with Gasteiger partial charge in [0.25, 0.3) is 0 Å². The van der Waals surface area contributed by atoms with Crippen LogP contribution < -0.4 is 0 Å². The zero-order valence-electron chi connectivity index (χ0n) is 14.8. The molecule has 3 aromatic rings. The summed E-state index contributed by atoms with van der Waals surface area (Å²) in [7, 11) is 2.10. The highest BCUT2D eigenvalue weighted by Gasteiger charge is 2.53. The van der Waals surface area contributed by atoms with Gasteiger partial charge in [-0.05, 0) is 42.7 Å². The van der Waals surface area contributed by atoms with E-state index in [9.17, 15) is 0 Å². The second kappa shape index (κ2) is 5.32. The van der Waals surface area contributed by atoms with Gasteiger partial charge in [0.1, 0.15) is 5.76 Å². The van der Waals surface area contributed by atoms with Crippen LogP contribution in [0.2, 0.25) is 0 Å². The zero-order valence-corrected chi connectivity index (χ0v) is 14.8. The Morgan fingerprint density at radius 1 is 1.20 bits per heavy atom. The summed E-state index contributed by atoms with van der Waals surface area (Å²) in [6, 6.07) is 10.9. The molecule has 0 N–H and O–H groups in total. The van der Waals surface area contributed by atoms with Crippen molar-refractivity contribution in [2.45, 2.75) is 43.9 Å². The van der Waals surface area contributed by atoms with Crippen molar-refractivity contribution in [3.05, 3.63) is 70.9 Å². The average molecular weight is 333 g/mol. The Morgan fingerprint density at radius 2 is 2.04 bits per heavy atom. The molecule has 0 saturated heterocycles. The van der Waals surface area contributed by atoms with Crippen LogP contribution in [0.4, 0.5) is 0 Å². The first-order valence-electron chi connectivity index (χ1n) is 9.18. The summed E-state index contributed by atoms with van der Waals surface area (Å²) < 4.78 is 7.76. The standard InChI is InChI=1S/C21H23N3O/c1-14-18-9-8-16-12-22-24(2)20(16)21(18,10-15-6-4-3-5-7-15)11-17-13-23-25-19(14)17/h3-7,12-14,18H,8-11H2,1-2H3. The van der Waals surface area contributed by atoms with Gasteiger partial charge < -0.3 is 4.52 Å². The monoisotopic (exact) mass is 333 g/mol. The molecule has 2 aliphatic rings. The molecule has 3 unspecified atom stereocenters. The van der Waals surface area contributed by atoms with Crippen molar-refractivity contribution in [2.24, 2.45) is 13.0 Å². The minimum Gasteiger partial charge on any atom is -0.361 e. The first kappa shape index (κ1) is 14.9. The van der Waals surface area contributed by atoms with Gasteiger partial charge in [-0.25, -0.2) is 0 Å². The van der Waals surface area contributed by atoms with Gasteiger partial charge >= 0.3 is 0 Å². The second-order valence-corrected chi connectivity index (χ2v) is 7.79. The molecule has 0 spiro atoms. The number of benzene rings is 1. The summed E-state index contributed by atoms with van der Waals surface area (Å²) in [6.07, 6.45) is 8.33. The Balaban J connectivity index is 1.72. The van der Waals surface area contributed by atoms with E-state index in [0.29, 0.717) is 11.8 Å². The van der Waals surface area contributed by atoms with E-state index in [2.05, 4.69) is 65.4 Å². The highest BCUT2D eigenvalue weighted by Crippen LogP contribution is 2.55. The second-order valence-electron chi connectivity index (χ2n) is 7.79. The van der Waals surface area contributed by atoms with E-state index < -0.39 is 0 Å². The fourth-order valence-corrected chi connectivity index (χ4v) is 5.55. The maximum atomic E-state index is 5.64. The predicted molar refractivity (Wildman–Crippen MR) is 95.5 cm³/mol. The lowest BCUT2D eigenvalue weighted by Crippen LogP contribution is -2.49. The Kier molecular flexibility index (Phi) is 3.18. The van der Waals surface area contributed by atoms with Crippen LogP contribution >= 0.6 is 0 Å². The van der Waals surface area contributed by atoms with Gasteiger partial charge in [0.05, 0.1) is 12.4 Å². The van der Waals surface area contributed by atoms with E-state index >= 15 is 0 Å². The highest BCUT2D eigenvalue weighted by molar-refractivity contribution is 5.41. The van der Waals surface area contributed by atoms with Crippen molar-refractivity contribution in [3.8, 4) is 0 Å². The minimum atomic E-state index is 0.0676. The van der Waals surface area contributed by atoms with Crippen molar-refractivity contribution in [2.75, 3.05) is 0 Å². The third-order valence-corrected chi connectivity index (χ3v) is 6.48. The lowest BCUT2D eigenvalue weighted by Gasteiger charge is -2.49. The molecule has 0 saturated carbocycles. The van der Waals surface area contributed by atoms with Gasteiger partial charge in [0.2, 0.25) is 0 Å². The van der Waals surface area contributed by atoms with Crippen molar-refractivity contribution in [1.29, 1.82) is 0 Å². The summed E-state index contributed by atoms with van der Waals surface area (Å²) in [5.41, 5.74) is 5.58. The summed E-state index contributed by atoms with van der Waals surface area (Å²) in [4.78, 5) is 0. The van der Waals surface area contributed by atoms with E-state index in [-0.39, 0.29) is 5.41 Å². The van der Waals surface area contributed by atoms with Gasteiger partial charge in [-0.2, -0.15) is 5.10 Å².